The van der Waals surface area contributed by atoms with E-state index < -0.39 is 0 Å². The second-order valence-electron chi connectivity index (χ2n) is 2.35. The fourth-order valence-electron chi connectivity index (χ4n) is 1.09. The number of para-hydroxylation sites is 1. The van der Waals surface area contributed by atoms with Crippen molar-refractivity contribution >= 4 is 10.9 Å². The third-order valence-electron chi connectivity index (χ3n) is 1.61. The number of fused-ring (bicyclic) bond motifs is 1. The maximum atomic E-state index is 9.31. The zero-order chi connectivity index (χ0) is 9.68. The molecular weight excluding hydrogens is 214 g/mol. The predicted molar refractivity (Wildman–Crippen MR) is 49.3 cm³/mol. The van der Waals surface area contributed by atoms with E-state index in [-0.39, 0.29) is 5.75 Å². The molecule has 0 amide bonds. The van der Waals surface area contributed by atoms with E-state index in [1.807, 2.05) is 18.2 Å². The van der Waals surface area contributed by atoms with Crippen LogP contribution in [0.4, 0.5) is 0 Å². The van der Waals surface area contributed by atoms with Crippen molar-refractivity contribution in [2.75, 3.05) is 0 Å². The molecule has 0 bridgehead atoms. The van der Waals surface area contributed by atoms with Crippen molar-refractivity contribution in [3.63, 3.8) is 0 Å². The van der Waals surface area contributed by atoms with Gasteiger partial charge in [-0.1, -0.05) is 18.2 Å². The predicted octanol–water partition coefficient (Wildman–Crippen LogP) is 2.52. The van der Waals surface area contributed by atoms with Gasteiger partial charge < -0.3 is 5.11 Å². The van der Waals surface area contributed by atoms with E-state index in [0.29, 0.717) is 5.52 Å². The second-order valence-corrected chi connectivity index (χ2v) is 2.35. The third-order valence-corrected chi connectivity index (χ3v) is 1.61. The molecule has 0 spiro atoms. The van der Waals surface area contributed by atoms with E-state index in [4.69, 9.17) is 0 Å². The average Bonchev–Trinajstić information content (AvgIpc) is 2.22. The zero-order valence-electron chi connectivity index (χ0n) is 7.16. The Morgan fingerprint density at radius 3 is 2.54 bits per heavy atom. The number of hydrogen-bond donors (Lipinski definition) is 1. The van der Waals surface area contributed by atoms with Crippen LogP contribution in [0.2, 0.25) is 5.82 Å². The summed E-state index contributed by atoms with van der Waals surface area (Å²) in [5, 5.41) is 10.3. The molecule has 1 aromatic carbocycles. The van der Waals surface area contributed by atoms with Gasteiger partial charge in [-0.05, 0) is 12.1 Å². The molecule has 0 aliphatic carbocycles. The summed E-state index contributed by atoms with van der Waals surface area (Å²) < 4.78 is 0. The van der Waals surface area contributed by atoms with Crippen molar-refractivity contribution in [2.45, 2.75) is 5.82 Å². The second kappa shape index (κ2) is 4.85. The van der Waals surface area contributed by atoms with Crippen LogP contribution in [-0.2, 0) is 16.0 Å². The molecule has 0 unspecified atom stereocenters. The van der Waals surface area contributed by atoms with Gasteiger partial charge in [0.15, 0.2) is 0 Å². The SMILES string of the molecule is Oc1cccc2cccnc12.[CH3][Cu]. The van der Waals surface area contributed by atoms with Crippen LogP contribution in [-0.4, -0.2) is 10.1 Å². The summed E-state index contributed by atoms with van der Waals surface area (Å²) in [7, 11) is 0. The topological polar surface area (TPSA) is 33.1 Å². The Hall–Kier alpha value is -1.05. The van der Waals surface area contributed by atoms with Crippen LogP contribution >= 0.6 is 0 Å². The zero-order valence-corrected chi connectivity index (χ0v) is 8.10. The first-order chi connectivity index (χ1) is 6.38. The Balaban J connectivity index is 0.000000396. The van der Waals surface area contributed by atoms with Crippen LogP contribution in [0.25, 0.3) is 10.9 Å². The van der Waals surface area contributed by atoms with Crippen molar-refractivity contribution < 1.29 is 21.1 Å². The number of phenolic OH excluding ortho intramolecular Hbond substituents is 1. The van der Waals surface area contributed by atoms with E-state index in [9.17, 15) is 5.11 Å². The Labute approximate surface area is 85.4 Å². The Bertz CT molecular complexity index is 384. The van der Waals surface area contributed by atoms with Crippen molar-refractivity contribution in [1.29, 1.82) is 0 Å². The molecule has 0 saturated carbocycles. The number of hydrogen-bond acceptors (Lipinski definition) is 2. The van der Waals surface area contributed by atoms with E-state index in [2.05, 4.69) is 21.0 Å². The molecular formula is C10H10CuNO. The van der Waals surface area contributed by atoms with E-state index in [0.717, 1.165) is 5.39 Å². The van der Waals surface area contributed by atoms with Gasteiger partial charge in [0, 0.05) is 11.6 Å². The van der Waals surface area contributed by atoms with E-state index >= 15 is 0 Å². The van der Waals surface area contributed by atoms with Crippen LogP contribution in [0.15, 0.2) is 36.5 Å². The van der Waals surface area contributed by atoms with Crippen molar-refractivity contribution in [3.05, 3.63) is 36.5 Å². The summed E-state index contributed by atoms with van der Waals surface area (Å²) in [6.45, 7) is 0. The molecule has 3 heteroatoms. The molecule has 0 saturated heterocycles. The molecule has 0 radical (unpaired) electrons. The fourth-order valence-corrected chi connectivity index (χ4v) is 1.09. The molecule has 13 heavy (non-hydrogen) atoms. The summed E-state index contributed by atoms with van der Waals surface area (Å²) in [5.74, 6) is 1.80. The van der Waals surface area contributed by atoms with Gasteiger partial charge in [0.2, 0.25) is 0 Å². The van der Waals surface area contributed by atoms with Crippen LogP contribution in [0.5, 0.6) is 5.75 Å². The monoisotopic (exact) mass is 223 g/mol. The molecule has 1 aromatic heterocycles. The summed E-state index contributed by atoms with van der Waals surface area (Å²) in [6, 6.07) is 9.13. The van der Waals surface area contributed by atoms with Gasteiger partial charge >= 0.3 is 21.8 Å². The molecule has 1 N–H and O–H groups in total. The van der Waals surface area contributed by atoms with Crippen LogP contribution in [0.1, 0.15) is 0 Å². The van der Waals surface area contributed by atoms with Crippen molar-refractivity contribution in [3.8, 4) is 5.75 Å². The number of aromatic nitrogens is 1. The van der Waals surface area contributed by atoms with E-state index in [1.165, 1.54) is 0 Å². The molecule has 72 valence electrons. The number of nitrogens with zero attached hydrogens (tertiary/aromatic N) is 1. The van der Waals surface area contributed by atoms with Crippen LogP contribution < -0.4 is 0 Å². The number of rotatable bonds is 0. The first kappa shape index (κ1) is 10.0. The normalized spacial score (nSPS) is 9.15. The summed E-state index contributed by atoms with van der Waals surface area (Å²) in [6.07, 6.45) is 1.67. The molecule has 0 aliphatic rings. The van der Waals surface area contributed by atoms with E-state index in [1.54, 1.807) is 24.2 Å². The standard InChI is InChI=1S/C9H7NO.CH3.Cu/c11-8-5-1-3-7-4-2-6-10-9(7)8;;/h1-6,11H;1H3;. The molecule has 2 rings (SSSR count). The number of aromatic hydroxyl groups is 1. The Morgan fingerprint density at radius 2 is 1.85 bits per heavy atom. The average molecular weight is 224 g/mol. The molecule has 1 heterocycles. The number of phenols is 1. The van der Waals surface area contributed by atoms with Crippen molar-refractivity contribution in [2.24, 2.45) is 0 Å². The molecule has 2 aromatic rings. The fraction of sp³-hybridized carbons (Fsp3) is 0.100. The molecule has 0 aliphatic heterocycles. The molecule has 0 fully saturated rings. The van der Waals surface area contributed by atoms with Gasteiger partial charge in [-0.3, -0.25) is 4.98 Å². The molecule has 0 atom stereocenters. The van der Waals surface area contributed by atoms with Crippen molar-refractivity contribution in [1.82, 2.24) is 4.98 Å². The number of pyridine rings is 1. The first-order valence-electron chi connectivity index (χ1n) is 3.71. The van der Waals surface area contributed by atoms with Crippen LogP contribution in [0.3, 0.4) is 0 Å². The van der Waals surface area contributed by atoms with Gasteiger partial charge in [-0.25, -0.2) is 0 Å². The molecule has 2 nitrogen and oxygen atoms in total. The third kappa shape index (κ3) is 2.20. The van der Waals surface area contributed by atoms with Gasteiger partial charge in [0.25, 0.3) is 0 Å². The Morgan fingerprint density at radius 1 is 1.15 bits per heavy atom. The first-order valence-corrected chi connectivity index (χ1v) is 4.65. The van der Waals surface area contributed by atoms with Gasteiger partial charge in [0.05, 0.1) is 0 Å². The van der Waals surface area contributed by atoms with Gasteiger partial charge in [0.1, 0.15) is 11.3 Å². The summed E-state index contributed by atoms with van der Waals surface area (Å²) in [5.41, 5.74) is 0.662. The van der Waals surface area contributed by atoms with Gasteiger partial charge in [-0.2, -0.15) is 0 Å². The minimum absolute atomic E-state index is 0.239. The van der Waals surface area contributed by atoms with Crippen LogP contribution in [0, 0.1) is 0 Å². The quantitative estimate of drug-likeness (QED) is 0.697. The number of benzene rings is 1. The summed E-state index contributed by atoms with van der Waals surface area (Å²) >= 11 is 4.19. The van der Waals surface area contributed by atoms with Gasteiger partial charge in [-0.15, -0.1) is 0 Å². The minimum atomic E-state index is 0.239. The maximum absolute atomic E-state index is 9.31. The Kier molecular flexibility index (Phi) is 3.74. The summed E-state index contributed by atoms with van der Waals surface area (Å²) in [4.78, 5) is 4.03.